The van der Waals surface area contributed by atoms with Crippen LogP contribution >= 0.6 is 24.0 Å². The standard InChI is InChI=1S/C20H31N5O2.HI/c1-3-21-20(23-13-15-8-10-22-18(12-15)27-2)24-17-9-11-25(14-17)19(26)16-6-4-5-7-16;/h8,10,12,16-17H,3-7,9,11,13-14H2,1-2H3,(H2,21,23,24);1H. The van der Waals surface area contributed by atoms with E-state index >= 15 is 0 Å². The smallest absolute Gasteiger partial charge is 0.225 e. The second-order valence-corrected chi connectivity index (χ2v) is 7.30. The van der Waals surface area contributed by atoms with Crippen LogP contribution < -0.4 is 15.4 Å². The number of halogens is 1. The molecule has 2 heterocycles. The molecular formula is C20H32IN5O2. The van der Waals surface area contributed by atoms with Crippen molar-refractivity contribution >= 4 is 35.8 Å². The summed E-state index contributed by atoms with van der Waals surface area (Å²) < 4.78 is 5.16. The molecular weight excluding hydrogens is 469 g/mol. The Balaban J connectivity index is 0.00000280. The van der Waals surface area contributed by atoms with Crippen LogP contribution in [0, 0.1) is 5.92 Å². The summed E-state index contributed by atoms with van der Waals surface area (Å²) in [5.41, 5.74) is 1.04. The van der Waals surface area contributed by atoms with Crippen LogP contribution in [0.3, 0.4) is 0 Å². The van der Waals surface area contributed by atoms with Crippen molar-refractivity contribution < 1.29 is 9.53 Å². The van der Waals surface area contributed by atoms with Crippen LogP contribution in [0.15, 0.2) is 23.3 Å². The third-order valence-corrected chi connectivity index (χ3v) is 5.32. The van der Waals surface area contributed by atoms with Gasteiger partial charge in [0, 0.05) is 43.9 Å². The number of aliphatic imine (C=N–C) groups is 1. The summed E-state index contributed by atoms with van der Waals surface area (Å²) in [7, 11) is 1.61. The third kappa shape index (κ3) is 6.22. The number of carbonyl (C=O) groups excluding carboxylic acids is 1. The first-order chi connectivity index (χ1) is 13.2. The molecule has 156 valence electrons. The van der Waals surface area contributed by atoms with Crippen molar-refractivity contribution in [2.45, 2.75) is 51.6 Å². The summed E-state index contributed by atoms with van der Waals surface area (Å²) in [6, 6.07) is 4.08. The van der Waals surface area contributed by atoms with Crippen LogP contribution in [0.25, 0.3) is 0 Å². The van der Waals surface area contributed by atoms with Gasteiger partial charge in [0.25, 0.3) is 0 Å². The molecule has 28 heavy (non-hydrogen) atoms. The molecule has 2 N–H and O–H groups in total. The number of rotatable bonds is 6. The Morgan fingerprint density at radius 2 is 2.14 bits per heavy atom. The van der Waals surface area contributed by atoms with Crippen molar-refractivity contribution in [2.75, 3.05) is 26.7 Å². The van der Waals surface area contributed by atoms with E-state index in [0.29, 0.717) is 18.3 Å². The van der Waals surface area contributed by atoms with E-state index in [9.17, 15) is 4.79 Å². The maximum Gasteiger partial charge on any atom is 0.225 e. The normalized spacial score (nSPS) is 20.0. The average molecular weight is 501 g/mol. The van der Waals surface area contributed by atoms with Crippen molar-refractivity contribution in [2.24, 2.45) is 10.9 Å². The fourth-order valence-corrected chi connectivity index (χ4v) is 3.85. The number of nitrogens with one attached hydrogen (secondary N) is 2. The molecule has 1 saturated carbocycles. The summed E-state index contributed by atoms with van der Waals surface area (Å²) in [6.45, 7) is 5.00. The molecule has 1 saturated heterocycles. The Hall–Kier alpha value is -1.58. The van der Waals surface area contributed by atoms with Crippen LogP contribution in [-0.4, -0.2) is 54.5 Å². The number of likely N-dealkylation sites (tertiary alicyclic amines) is 1. The van der Waals surface area contributed by atoms with Crippen LogP contribution in [0.2, 0.25) is 0 Å². The molecule has 1 aliphatic carbocycles. The predicted molar refractivity (Wildman–Crippen MR) is 121 cm³/mol. The summed E-state index contributed by atoms with van der Waals surface area (Å²) in [5.74, 6) is 1.99. The van der Waals surface area contributed by atoms with E-state index in [-0.39, 0.29) is 35.9 Å². The van der Waals surface area contributed by atoms with Gasteiger partial charge in [-0.1, -0.05) is 12.8 Å². The topological polar surface area (TPSA) is 78.9 Å². The summed E-state index contributed by atoms with van der Waals surface area (Å²) in [5, 5.41) is 6.79. The minimum absolute atomic E-state index is 0. The number of guanidine groups is 1. The number of amides is 1. The fraction of sp³-hybridized carbons (Fsp3) is 0.650. The van der Waals surface area contributed by atoms with Gasteiger partial charge in [-0.15, -0.1) is 24.0 Å². The summed E-state index contributed by atoms with van der Waals surface area (Å²) in [4.78, 5) is 23.4. The largest absolute Gasteiger partial charge is 0.481 e. The quantitative estimate of drug-likeness (QED) is 0.356. The molecule has 7 nitrogen and oxygen atoms in total. The molecule has 1 aromatic heterocycles. The van der Waals surface area contributed by atoms with E-state index < -0.39 is 0 Å². The molecule has 8 heteroatoms. The van der Waals surface area contributed by atoms with E-state index in [1.807, 2.05) is 17.0 Å². The molecule has 1 unspecified atom stereocenters. The second kappa shape index (κ2) is 11.4. The number of hydrogen-bond acceptors (Lipinski definition) is 4. The van der Waals surface area contributed by atoms with Gasteiger partial charge in [-0.3, -0.25) is 4.79 Å². The van der Waals surface area contributed by atoms with Crippen molar-refractivity contribution in [3.63, 3.8) is 0 Å². The van der Waals surface area contributed by atoms with E-state index in [2.05, 4.69) is 27.5 Å². The van der Waals surface area contributed by atoms with E-state index in [1.54, 1.807) is 13.3 Å². The Morgan fingerprint density at radius 3 is 2.86 bits per heavy atom. The van der Waals surface area contributed by atoms with Crippen LogP contribution in [0.1, 0.15) is 44.6 Å². The number of carbonyl (C=O) groups is 1. The molecule has 1 amide bonds. The van der Waals surface area contributed by atoms with Gasteiger partial charge < -0.3 is 20.3 Å². The zero-order chi connectivity index (χ0) is 19.1. The minimum Gasteiger partial charge on any atom is -0.481 e. The van der Waals surface area contributed by atoms with E-state index in [1.165, 1.54) is 12.8 Å². The molecule has 3 rings (SSSR count). The molecule has 0 spiro atoms. The minimum atomic E-state index is 0. The van der Waals surface area contributed by atoms with Gasteiger partial charge in [0.05, 0.1) is 13.7 Å². The number of aromatic nitrogens is 1. The van der Waals surface area contributed by atoms with E-state index in [0.717, 1.165) is 50.4 Å². The van der Waals surface area contributed by atoms with Crippen LogP contribution in [0.5, 0.6) is 5.88 Å². The zero-order valence-corrected chi connectivity index (χ0v) is 19.1. The third-order valence-electron chi connectivity index (χ3n) is 5.32. The van der Waals surface area contributed by atoms with Gasteiger partial charge in [0.2, 0.25) is 11.8 Å². The lowest BCUT2D eigenvalue weighted by Gasteiger charge is -2.21. The second-order valence-electron chi connectivity index (χ2n) is 7.30. The predicted octanol–water partition coefficient (Wildman–Crippen LogP) is 2.55. The first kappa shape index (κ1) is 22.7. The SMILES string of the molecule is CCNC(=NCc1ccnc(OC)c1)NC1CCN(C(=O)C2CCCC2)C1.I. The van der Waals surface area contributed by atoms with Crippen molar-refractivity contribution in [3.05, 3.63) is 23.9 Å². The summed E-state index contributed by atoms with van der Waals surface area (Å²) in [6.07, 6.45) is 7.21. The van der Waals surface area contributed by atoms with Crippen LogP contribution in [-0.2, 0) is 11.3 Å². The van der Waals surface area contributed by atoms with Gasteiger partial charge in [0.1, 0.15) is 0 Å². The highest BCUT2D eigenvalue weighted by Gasteiger charge is 2.32. The number of nitrogens with zero attached hydrogens (tertiary/aromatic N) is 3. The first-order valence-corrected chi connectivity index (χ1v) is 10.0. The lowest BCUT2D eigenvalue weighted by Crippen LogP contribution is -2.45. The number of hydrogen-bond donors (Lipinski definition) is 2. The summed E-state index contributed by atoms with van der Waals surface area (Å²) >= 11 is 0. The Kier molecular flexibility index (Phi) is 9.27. The maximum atomic E-state index is 12.6. The van der Waals surface area contributed by atoms with Crippen molar-refractivity contribution in [3.8, 4) is 5.88 Å². The Morgan fingerprint density at radius 1 is 1.36 bits per heavy atom. The van der Waals surface area contributed by atoms with E-state index in [4.69, 9.17) is 4.74 Å². The lowest BCUT2D eigenvalue weighted by molar-refractivity contribution is -0.134. The average Bonchev–Trinajstić information content (AvgIpc) is 3.38. The number of methoxy groups -OCH3 is 1. The molecule has 2 aliphatic rings. The molecule has 2 fully saturated rings. The molecule has 0 radical (unpaired) electrons. The van der Waals surface area contributed by atoms with Gasteiger partial charge >= 0.3 is 0 Å². The zero-order valence-electron chi connectivity index (χ0n) is 16.8. The van der Waals surface area contributed by atoms with Crippen molar-refractivity contribution in [1.82, 2.24) is 20.5 Å². The maximum absolute atomic E-state index is 12.6. The number of ether oxygens (including phenoxy) is 1. The molecule has 1 atom stereocenters. The van der Waals surface area contributed by atoms with Gasteiger partial charge in [-0.05, 0) is 37.8 Å². The fourth-order valence-electron chi connectivity index (χ4n) is 3.85. The Labute approximate surface area is 184 Å². The monoisotopic (exact) mass is 501 g/mol. The molecule has 1 aromatic rings. The highest BCUT2D eigenvalue weighted by Crippen LogP contribution is 2.27. The lowest BCUT2D eigenvalue weighted by atomic mass is 10.1. The highest BCUT2D eigenvalue weighted by molar-refractivity contribution is 14.0. The van der Waals surface area contributed by atoms with Crippen molar-refractivity contribution in [1.29, 1.82) is 0 Å². The van der Waals surface area contributed by atoms with Gasteiger partial charge in [-0.25, -0.2) is 9.98 Å². The highest BCUT2D eigenvalue weighted by atomic mass is 127. The molecule has 1 aliphatic heterocycles. The molecule has 0 aromatic carbocycles. The number of pyridine rings is 1. The first-order valence-electron chi connectivity index (χ1n) is 10.0. The molecule has 0 bridgehead atoms. The Bertz CT molecular complexity index is 664. The van der Waals surface area contributed by atoms with Crippen LogP contribution in [0.4, 0.5) is 0 Å². The van der Waals surface area contributed by atoms with Gasteiger partial charge in [0.15, 0.2) is 5.96 Å². The van der Waals surface area contributed by atoms with Gasteiger partial charge in [-0.2, -0.15) is 0 Å².